The fourth-order valence-electron chi connectivity index (χ4n) is 2.65. The standard InChI is InChI=1S/C16H16BrFN2O/c17-14-3-10(4-15(18)7-14)5-16(20-19)11-1-2-12-8-21-9-13(12)6-11/h1-4,6-7,16,20H,5,8-9,19H2. The molecule has 0 bridgehead atoms. The first-order valence-corrected chi connectivity index (χ1v) is 7.55. The Morgan fingerprint density at radius 2 is 2.00 bits per heavy atom. The van der Waals surface area contributed by atoms with Crippen molar-refractivity contribution in [3.8, 4) is 0 Å². The van der Waals surface area contributed by atoms with Gasteiger partial charge in [0.25, 0.3) is 0 Å². The summed E-state index contributed by atoms with van der Waals surface area (Å²) >= 11 is 3.31. The molecular weight excluding hydrogens is 335 g/mol. The van der Waals surface area contributed by atoms with Crippen LogP contribution in [0.1, 0.15) is 28.3 Å². The van der Waals surface area contributed by atoms with Gasteiger partial charge in [-0.15, -0.1) is 0 Å². The second-order valence-electron chi connectivity index (χ2n) is 5.22. The number of halogens is 2. The average Bonchev–Trinajstić information content (AvgIpc) is 2.91. The average molecular weight is 351 g/mol. The molecule has 0 amide bonds. The molecule has 3 rings (SSSR count). The van der Waals surface area contributed by atoms with E-state index in [2.05, 4.69) is 33.5 Å². The fraction of sp³-hybridized carbons (Fsp3) is 0.250. The molecule has 0 aliphatic carbocycles. The summed E-state index contributed by atoms with van der Waals surface area (Å²) in [5.41, 5.74) is 7.22. The number of benzene rings is 2. The summed E-state index contributed by atoms with van der Waals surface area (Å²) in [5.74, 6) is 5.43. The lowest BCUT2D eigenvalue weighted by molar-refractivity contribution is 0.134. The highest BCUT2D eigenvalue weighted by Gasteiger charge is 2.16. The van der Waals surface area contributed by atoms with Gasteiger partial charge < -0.3 is 4.74 Å². The minimum absolute atomic E-state index is 0.0652. The lowest BCUT2D eigenvalue weighted by Gasteiger charge is -2.17. The number of fused-ring (bicyclic) bond motifs is 1. The van der Waals surface area contributed by atoms with Gasteiger partial charge in [0.1, 0.15) is 5.82 Å². The Kier molecular flexibility index (Phi) is 4.35. The van der Waals surface area contributed by atoms with Gasteiger partial charge in [-0.25, -0.2) is 4.39 Å². The van der Waals surface area contributed by atoms with E-state index in [1.165, 1.54) is 23.3 Å². The summed E-state index contributed by atoms with van der Waals surface area (Å²) < 4.78 is 19.6. The van der Waals surface area contributed by atoms with Crippen LogP contribution in [0.2, 0.25) is 0 Å². The highest BCUT2D eigenvalue weighted by atomic mass is 79.9. The van der Waals surface area contributed by atoms with Crippen LogP contribution < -0.4 is 11.3 Å². The number of nitrogens with one attached hydrogen (secondary N) is 1. The molecule has 1 heterocycles. The van der Waals surface area contributed by atoms with Crippen LogP contribution in [0.15, 0.2) is 40.9 Å². The van der Waals surface area contributed by atoms with Gasteiger partial charge in [-0.1, -0.05) is 34.1 Å². The first-order chi connectivity index (χ1) is 10.2. The molecule has 1 aliphatic heterocycles. The van der Waals surface area contributed by atoms with Gasteiger partial charge in [-0.2, -0.15) is 0 Å². The van der Waals surface area contributed by atoms with Crippen molar-refractivity contribution in [2.24, 2.45) is 5.84 Å². The van der Waals surface area contributed by atoms with Crippen LogP contribution in [-0.2, 0) is 24.4 Å². The summed E-state index contributed by atoms with van der Waals surface area (Å²) in [6.07, 6.45) is 0.618. The highest BCUT2D eigenvalue weighted by molar-refractivity contribution is 9.10. The largest absolute Gasteiger partial charge is 0.372 e. The SMILES string of the molecule is NNC(Cc1cc(F)cc(Br)c1)c1ccc2c(c1)COC2. The first-order valence-electron chi connectivity index (χ1n) is 6.76. The Hall–Kier alpha value is -1.27. The van der Waals surface area contributed by atoms with Crippen molar-refractivity contribution in [2.75, 3.05) is 0 Å². The van der Waals surface area contributed by atoms with Crippen molar-refractivity contribution in [3.05, 3.63) is 68.9 Å². The van der Waals surface area contributed by atoms with Gasteiger partial charge in [0.2, 0.25) is 0 Å². The molecule has 3 nitrogen and oxygen atoms in total. The second-order valence-corrected chi connectivity index (χ2v) is 6.14. The summed E-state index contributed by atoms with van der Waals surface area (Å²) in [5, 5.41) is 0. The molecule has 1 atom stereocenters. The van der Waals surface area contributed by atoms with Crippen molar-refractivity contribution in [1.29, 1.82) is 0 Å². The Balaban J connectivity index is 1.84. The molecule has 110 valence electrons. The van der Waals surface area contributed by atoms with E-state index in [9.17, 15) is 4.39 Å². The third-order valence-corrected chi connectivity index (χ3v) is 4.17. The third-order valence-electron chi connectivity index (χ3n) is 3.71. The minimum Gasteiger partial charge on any atom is -0.372 e. The zero-order chi connectivity index (χ0) is 14.8. The molecule has 0 saturated heterocycles. The van der Waals surface area contributed by atoms with Gasteiger partial charge in [0.15, 0.2) is 0 Å². The van der Waals surface area contributed by atoms with Gasteiger partial charge in [0.05, 0.1) is 13.2 Å². The molecule has 0 aromatic heterocycles. The molecule has 0 radical (unpaired) electrons. The highest BCUT2D eigenvalue weighted by Crippen LogP contribution is 2.26. The molecule has 1 aliphatic rings. The maximum Gasteiger partial charge on any atom is 0.124 e. The topological polar surface area (TPSA) is 47.3 Å². The third kappa shape index (κ3) is 3.32. The van der Waals surface area contributed by atoms with Crippen LogP contribution in [0.25, 0.3) is 0 Å². The van der Waals surface area contributed by atoms with E-state index in [-0.39, 0.29) is 11.9 Å². The molecule has 1 unspecified atom stereocenters. The Labute approximate surface area is 131 Å². The summed E-state index contributed by atoms with van der Waals surface area (Å²) in [4.78, 5) is 0. The van der Waals surface area contributed by atoms with Crippen molar-refractivity contribution >= 4 is 15.9 Å². The predicted octanol–water partition coefficient (Wildman–Crippen LogP) is 3.37. The molecule has 21 heavy (non-hydrogen) atoms. The molecule has 0 spiro atoms. The number of hydrogen-bond acceptors (Lipinski definition) is 3. The fourth-order valence-corrected chi connectivity index (χ4v) is 3.16. The maximum absolute atomic E-state index is 13.5. The van der Waals surface area contributed by atoms with Gasteiger partial charge in [-0.3, -0.25) is 11.3 Å². The number of ether oxygens (including phenoxy) is 1. The monoisotopic (exact) mass is 350 g/mol. The van der Waals surface area contributed by atoms with Crippen LogP contribution in [-0.4, -0.2) is 0 Å². The second kappa shape index (κ2) is 6.23. The van der Waals surface area contributed by atoms with Gasteiger partial charge >= 0.3 is 0 Å². The van der Waals surface area contributed by atoms with E-state index in [0.717, 1.165) is 15.6 Å². The van der Waals surface area contributed by atoms with Crippen LogP contribution in [0.5, 0.6) is 0 Å². The normalized spacial score (nSPS) is 15.0. The molecule has 2 aromatic carbocycles. The number of rotatable bonds is 4. The van der Waals surface area contributed by atoms with E-state index in [4.69, 9.17) is 10.6 Å². The Bertz CT molecular complexity index is 642. The van der Waals surface area contributed by atoms with Crippen molar-refractivity contribution in [1.82, 2.24) is 5.43 Å². The first kappa shape index (κ1) is 14.7. The predicted molar refractivity (Wildman–Crippen MR) is 82.8 cm³/mol. The van der Waals surface area contributed by atoms with Crippen molar-refractivity contribution in [2.45, 2.75) is 25.7 Å². The van der Waals surface area contributed by atoms with E-state index in [1.54, 1.807) is 0 Å². The van der Waals surface area contributed by atoms with E-state index in [1.807, 2.05) is 12.1 Å². The Morgan fingerprint density at radius 1 is 1.19 bits per heavy atom. The van der Waals surface area contributed by atoms with Crippen molar-refractivity contribution in [3.63, 3.8) is 0 Å². The molecular formula is C16H16BrFN2O. The van der Waals surface area contributed by atoms with Crippen LogP contribution in [0.3, 0.4) is 0 Å². The van der Waals surface area contributed by atoms with Crippen LogP contribution in [0, 0.1) is 5.82 Å². The van der Waals surface area contributed by atoms with Gasteiger partial charge in [-0.05, 0) is 46.9 Å². The van der Waals surface area contributed by atoms with Crippen LogP contribution >= 0.6 is 15.9 Å². The summed E-state index contributed by atoms with van der Waals surface area (Å²) in [6, 6.07) is 11.1. The minimum atomic E-state index is -0.252. The van der Waals surface area contributed by atoms with Crippen LogP contribution in [0.4, 0.5) is 4.39 Å². The summed E-state index contributed by atoms with van der Waals surface area (Å²) in [6.45, 7) is 1.32. The number of hydrazine groups is 1. The molecule has 0 fully saturated rings. The lowest BCUT2D eigenvalue weighted by Crippen LogP contribution is -2.29. The molecule has 3 N–H and O–H groups in total. The molecule has 2 aromatic rings. The summed E-state index contributed by atoms with van der Waals surface area (Å²) in [7, 11) is 0. The number of nitrogens with two attached hydrogens (primary N) is 1. The van der Waals surface area contributed by atoms with Crippen molar-refractivity contribution < 1.29 is 9.13 Å². The lowest BCUT2D eigenvalue weighted by atomic mass is 9.96. The quantitative estimate of drug-likeness (QED) is 0.656. The van der Waals surface area contributed by atoms with E-state index < -0.39 is 0 Å². The zero-order valence-corrected chi connectivity index (χ0v) is 13.0. The van der Waals surface area contributed by atoms with E-state index >= 15 is 0 Å². The number of hydrogen-bond donors (Lipinski definition) is 2. The smallest absolute Gasteiger partial charge is 0.124 e. The molecule has 0 saturated carbocycles. The Morgan fingerprint density at radius 3 is 2.76 bits per heavy atom. The van der Waals surface area contributed by atoms with Gasteiger partial charge in [0, 0.05) is 10.5 Å². The maximum atomic E-state index is 13.5. The zero-order valence-electron chi connectivity index (χ0n) is 11.4. The molecule has 5 heteroatoms. The van der Waals surface area contributed by atoms with E-state index in [0.29, 0.717) is 19.6 Å².